The summed E-state index contributed by atoms with van der Waals surface area (Å²) in [4.78, 5) is 12.7. The fraction of sp³-hybridized carbons (Fsp3) is 0.692. The summed E-state index contributed by atoms with van der Waals surface area (Å²) in [6, 6.07) is 9.42. The molecule has 4 heteroatoms. The molecule has 7 atom stereocenters. The van der Waals surface area contributed by atoms with Gasteiger partial charge in [0.25, 0.3) is 0 Å². The number of carbonyl (C=O) groups is 1. The highest BCUT2D eigenvalue weighted by molar-refractivity contribution is 5.89. The molecule has 0 radical (unpaired) electrons. The second-order valence-corrected chi connectivity index (χ2v) is 10.8. The number of ether oxygens (including phenoxy) is 1. The van der Waals surface area contributed by atoms with Crippen molar-refractivity contribution in [2.24, 2.45) is 39.7 Å². The summed E-state index contributed by atoms with van der Waals surface area (Å²) in [6.07, 6.45) is 10.3. The van der Waals surface area contributed by atoms with E-state index < -0.39 is 0 Å². The third kappa shape index (κ3) is 2.93. The van der Waals surface area contributed by atoms with Crippen LogP contribution in [0.2, 0.25) is 0 Å². The van der Waals surface area contributed by atoms with Gasteiger partial charge in [0.2, 0.25) is 0 Å². The molecule has 4 saturated carbocycles. The van der Waals surface area contributed by atoms with E-state index in [0.29, 0.717) is 29.2 Å². The first-order valence-electron chi connectivity index (χ1n) is 11.9. The molecule has 0 bridgehead atoms. The Balaban J connectivity index is 1.36. The van der Waals surface area contributed by atoms with Crippen LogP contribution in [0.5, 0.6) is 0 Å². The van der Waals surface area contributed by atoms with Gasteiger partial charge in [0.15, 0.2) is 0 Å². The lowest BCUT2D eigenvalue weighted by Crippen LogP contribution is -2.55. The Morgan fingerprint density at radius 3 is 2.53 bits per heavy atom. The van der Waals surface area contributed by atoms with E-state index in [1.807, 2.05) is 30.3 Å². The molecule has 0 saturated heterocycles. The van der Waals surface area contributed by atoms with Crippen LogP contribution in [0.1, 0.15) is 82.0 Å². The molecule has 0 heterocycles. The van der Waals surface area contributed by atoms with Crippen molar-refractivity contribution in [1.82, 2.24) is 0 Å². The first-order valence-corrected chi connectivity index (χ1v) is 11.9. The fourth-order valence-corrected chi connectivity index (χ4v) is 8.22. The SMILES string of the molecule is C[C@]12CCCC(=NO)[C@@H]1CC[C@@H]1[C@@H]2CC[C@]2(C)[C@@H](OC(=O)c3ccccc3)CC[C@@H]12. The van der Waals surface area contributed by atoms with Gasteiger partial charge in [-0.2, -0.15) is 0 Å². The van der Waals surface area contributed by atoms with E-state index in [9.17, 15) is 10.0 Å². The van der Waals surface area contributed by atoms with Gasteiger partial charge in [-0.25, -0.2) is 4.79 Å². The minimum atomic E-state index is -0.170. The van der Waals surface area contributed by atoms with E-state index >= 15 is 0 Å². The third-order valence-corrected chi connectivity index (χ3v) is 9.72. The molecule has 4 fully saturated rings. The smallest absolute Gasteiger partial charge is 0.338 e. The molecule has 5 rings (SSSR count). The lowest BCUT2D eigenvalue weighted by atomic mass is 9.45. The van der Waals surface area contributed by atoms with Crippen LogP contribution in [0, 0.1) is 34.5 Å². The average Bonchev–Trinajstić information content (AvgIpc) is 3.09. The van der Waals surface area contributed by atoms with Crippen LogP contribution >= 0.6 is 0 Å². The second-order valence-electron chi connectivity index (χ2n) is 10.8. The van der Waals surface area contributed by atoms with Crippen molar-refractivity contribution in [1.29, 1.82) is 0 Å². The summed E-state index contributed by atoms with van der Waals surface area (Å²) in [5.74, 6) is 2.34. The van der Waals surface area contributed by atoms with E-state index in [-0.39, 0.29) is 22.9 Å². The number of hydrogen-bond donors (Lipinski definition) is 1. The van der Waals surface area contributed by atoms with Gasteiger partial charge in [-0.3, -0.25) is 0 Å². The standard InChI is InChI=1S/C26H35NO3/c1-25-15-6-9-22(27-29)21(25)11-10-18-19-12-13-23(26(19,2)16-14-20(18)25)30-24(28)17-7-4-3-5-8-17/h3-5,7-8,18-21,23,29H,6,9-16H2,1-2H3/t18-,19-,20-,21-,23-,25+,26-/m0/s1. The number of benzene rings is 1. The monoisotopic (exact) mass is 409 g/mol. The molecule has 4 aliphatic rings. The minimum absolute atomic E-state index is 0.0302. The number of fused-ring (bicyclic) bond motifs is 5. The molecular formula is C26H35NO3. The minimum Gasteiger partial charge on any atom is -0.458 e. The number of rotatable bonds is 2. The van der Waals surface area contributed by atoms with Crippen LogP contribution in [-0.4, -0.2) is 23.0 Å². The molecule has 4 aliphatic carbocycles. The number of oxime groups is 1. The predicted octanol–water partition coefficient (Wildman–Crippen LogP) is 6.08. The number of nitrogens with zero attached hydrogens (tertiary/aromatic N) is 1. The van der Waals surface area contributed by atoms with Gasteiger partial charge in [-0.05, 0) is 93.1 Å². The van der Waals surface area contributed by atoms with Crippen LogP contribution in [0.4, 0.5) is 0 Å². The quantitative estimate of drug-likeness (QED) is 0.365. The lowest BCUT2D eigenvalue weighted by Gasteiger charge is -2.60. The summed E-state index contributed by atoms with van der Waals surface area (Å²) in [5.41, 5.74) is 2.07. The molecule has 30 heavy (non-hydrogen) atoms. The van der Waals surface area contributed by atoms with Gasteiger partial charge in [0, 0.05) is 11.3 Å². The maximum atomic E-state index is 12.7. The summed E-state index contributed by atoms with van der Waals surface area (Å²) >= 11 is 0. The maximum Gasteiger partial charge on any atom is 0.338 e. The van der Waals surface area contributed by atoms with Gasteiger partial charge < -0.3 is 9.94 Å². The topological polar surface area (TPSA) is 58.9 Å². The van der Waals surface area contributed by atoms with Gasteiger partial charge in [0.1, 0.15) is 6.10 Å². The Hall–Kier alpha value is -1.84. The molecule has 4 nitrogen and oxygen atoms in total. The fourth-order valence-electron chi connectivity index (χ4n) is 8.22. The van der Waals surface area contributed by atoms with Crippen molar-refractivity contribution in [2.75, 3.05) is 0 Å². The Morgan fingerprint density at radius 1 is 1.00 bits per heavy atom. The number of esters is 1. The Kier molecular flexibility index (Phi) is 4.95. The second kappa shape index (κ2) is 7.39. The van der Waals surface area contributed by atoms with E-state index in [4.69, 9.17) is 4.74 Å². The first-order chi connectivity index (χ1) is 14.5. The number of carbonyl (C=O) groups excluding carboxylic acids is 1. The van der Waals surface area contributed by atoms with E-state index in [1.54, 1.807) is 0 Å². The maximum absolute atomic E-state index is 12.7. The van der Waals surface area contributed by atoms with Crippen LogP contribution in [0.3, 0.4) is 0 Å². The van der Waals surface area contributed by atoms with Gasteiger partial charge in [-0.15, -0.1) is 0 Å². The average molecular weight is 410 g/mol. The van der Waals surface area contributed by atoms with Crippen molar-refractivity contribution in [2.45, 2.75) is 77.7 Å². The molecule has 1 N–H and O–H groups in total. The van der Waals surface area contributed by atoms with Crippen molar-refractivity contribution >= 4 is 11.7 Å². The summed E-state index contributed by atoms with van der Waals surface area (Å²) in [6.45, 7) is 4.86. The van der Waals surface area contributed by atoms with E-state index in [1.165, 1.54) is 25.7 Å². The molecule has 0 amide bonds. The normalized spacial score (nSPS) is 44.1. The zero-order valence-corrected chi connectivity index (χ0v) is 18.3. The largest absolute Gasteiger partial charge is 0.458 e. The van der Waals surface area contributed by atoms with Gasteiger partial charge in [0.05, 0.1) is 11.3 Å². The number of hydrogen-bond acceptors (Lipinski definition) is 4. The lowest BCUT2D eigenvalue weighted by molar-refractivity contribution is -0.106. The molecule has 1 aromatic carbocycles. The molecule has 0 aromatic heterocycles. The first kappa shape index (κ1) is 20.1. The highest BCUT2D eigenvalue weighted by atomic mass is 16.5. The van der Waals surface area contributed by atoms with E-state index in [0.717, 1.165) is 37.8 Å². The highest BCUT2D eigenvalue weighted by Crippen LogP contribution is 2.66. The molecule has 0 spiro atoms. The Labute approximate surface area is 180 Å². The molecule has 162 valence electrons. The van der Waals surface area contributed by atoms with Gasteiger partial charge in [-0.1, -0.05) is 37.2 Å². The zero-order valence-electron chi connectivity index (χ0n) is 18.3. The third-order valence-electron chi connectivity index (χ3n) is 9.72. The van der Waals surface area contributed by atoms with E-state index in [2.05, 4.69) is 19.0 Å². The highest BCUT2D eigenvalue weighted by Gasteiger charge is 2.61. The van der Waals surface area contributed by atoms with Crippen molar-refractivity contribution in [3.05, 3.63) is 35.9 Å². The summed E-state index contributed by atoms with van der Waals surface area (Å²) in [7, 11) is 0. The molecule has 1 aromatic rings. The molecule has 0 unspecified atom stereocenters. The van der Waals surface area contributed by atoms with Crippen molar-refractivity contribution in [3.63, 3.8) is 0 Å². The molecular weight excluding hydrogens is 374 g/mol. The van der Waals surface area contributed by atoms with Crippen LogP contribution < -0.4 is 0 Å². The predicted molar refractivity (Wildman–Crippen MR) is 117 cm³/mol. The van der Waals surface area contributed by atoms with Crippen LogP contribution in [-0.2, 0) is 4.74 Å². The van der Waals surface area contributed by atoms with Crippen molar-refractivity contribution < 1.29 is 14.7 Å². The van der Waals surface area contributed by atoms with Gasteiger partial charge >= 0.3 is 5.97 Å². The van der Waals surface area contributed by atoms with Crippen molar-refractivity contribution in [3.8, 4) is 0 Å². The Bertz CT molecular complexity index is 836. The van der Waals surface area contributed by atoms with Crippen LogP contribution in [0.15, 0.2) is 35.5 Å². The zero-order chi connectivity index (χ0) is 20.9. The summed E-state index contributed by atoms with van der Waals surface area (Å²) in [5, 5.41) is 13.3. The van der Waals surface area contributed by atoms with Crippen LogP contribution in [0.25, 0.3) is 0 Å². The Morgan fingerprint density at radius 2 is 1.77 bits per heavy atom. The summed E-state index contributed by atoms with van der Waals surface area (Å²) < 4.78 is 6.12. The molecule has 0 aliphatic heterocycles.